The molecule has 0 aliphatic rings. The van der Waals surface area contributed by atoms with E-state index >= 15 is 0 Å². The zero-order valence-electron chi connectivity index (χ0n) is 15.6. The topological polar surface area (TPSA) is 74.3 Å². The maximum absolute atomic E-state index is 12.8. The molecule has 0 aliphatic carbocycles. The van der Waals surface area contributed by atoms with Gasteiger partial charge in [-0.05, 0) is 55.0 Å². The number of carbonyl (C=O) groups excluding carboxylic acids is 2. The number of urea groups is 1. The fraction of sp³-hybridized carbons (Fsp3) is 0.136. The van der Waals surface area contributed by atoms with Crippen LogP contribution in [-0.2, 0) is 6.54 Å². The van der Waals surface area contributed by atoms with E-state index in [4.69, 9.17) is 0 Å². The minimum Gasteiger partial charge on any atom is -0.335 e. The molecule has 0 bridgehead atoms. The van der Waals surface area contributed by atoms with Crippen LogP contribution >= 0.6 is 0 Å². The molecule has 0 unspecified atom stereocenters. The van der Waals surface area contributed by atoms with E-state index in [0.717, 1.165) is 5.56 Å². The van der Waals surface area contributed by atoms with Crippen LogP contribution in [0, 0.1) is 0 Å². The third-order valence-corrected chi connectivity index (χ3v) is 4.19. The van der Waals surface area contributed by atoms with Crippen LogP contribution in [0.2, 0.25) is 0 Å². The number of amides is 3. The molecule has 142 valence electrons. The van der Waals surface area contributed by atoms with E-state index in [-0.39, 0.29) is 11.9 Å². The summed E-state index contributed by atoms with van der Waals surface area (Å²) in [7, 11) is 0. The van der Waals surface area contributed by atoms with Gasteiger partial charge in [0.15, 0.2) is 0 Å². The standard InChI is InChI=1S/C22H22N4O2/c1-2-26(16-17-7-6-14-23-15-17)21(27)18-10-12-20(13-11-18)25-22(28)24-19-8-4-3-5-9-19/h3-15H,2,16H2,1H3,(H2,24,25,28). The van der Waals surface area contributed by atoms with Gasteiger partial charge in [-0.3, -0.25) is 9.78 Å². The SMILES string of the molecule is CCN(Cc1cccnc1)C(=O)c1ccc(NC(=O)Nc2ccccc2)cc1. The highest BCUT2D eigenvalue weighted by atomic mass is 16.2. The first kappa shape index (κ1) is 19.1. The first-order valence-corrected chi connectivity index (χ1v) is 9.07. The number of para-hydroxylation sites is 1. The van der Waals surface area contributed by atoms with E-state index in [1.54, 1.807) is 41.6 Å². The first-order valence-electron chi connectivity index (χ1n) is 9.07. The minimum absolute atomic E-state index is 0.0633. The molecular weight excluding hydrogens is 352 g/mol. The van der Waals surface area contributed by atoms with Crippen molar-refractivity contribution in [3.63, 3.8) is 0 Å². The Bertz CT molecular complexity index is 912. The van der Waals surface area contributed by atoms with Crippen molar-refractivity contribution in [1.82, 2.24) is 9.88 Å². The number of carbonyl (C=O) groups is 2. The number of hydrogen-bond donors (Lipinski definition) is 2. The van der Waals surface area contributed by atoms with Crippen molar-refractivity contribution in [2.75, 3.05) is 17.2 Å². The fourth-order valence-electron chi connectivity index (χ4n) is 2.73. The minimum atomic E-state index is -0.336. The average Bonchev–Trinajstić information content (AvgIpc) is 2.73. The highest BCUT2D eigenvalue weighted by Gasteiger charge is 2.15. The number of nitrogens with one attached hydrogen (secondary N) is 2. The van der Waals surface area contributed by atoms with Gasteiger partial charge in [-0.15, -0.1) is 0 Å². The second-order valence-electron chi connectivity index (χ2n) is 6.20. The Labute approximate surface area is 164 Å². The van der Waals surface area contributed by atoms with Crippen LogP contribution < -0.4 is 10.6 Å². The van der Waals surface area contributed by atoms with Gasteiger partial charge < -0.3 is 15.5 Å². The Hall–Kier alpha value is -3.67. The molecule has 1 aromatic heterocycles. The van der Waals surface area contributed by atoms with Crippen molar-refractivity contribution in [2.24, 2.45) is 0 Å². The molecule has 28 heavy (non-hydrogen) atoms. The largest absolute Gasteiger partial charge is 0.335 e. The van der Waals surface area contributed by atoms with Crippen LogP contribution in [0.25, 0.3) is 0 Å². The lowest BCUT2D eigenvalue weighted by atomic mass is 10.1. The van der Waals surface area contributed by atoms with Gasteiger partial charge in [0.2, 0.25) is 0 Å². The number of aromatic nitrogens is 1. The average molecular weight is 374 g/mol. The summed E-state index contributed by atoms with van der Waals surface area (Å²) < 4.78 is 0. The molecule has 0 aliphatic heterocycles. The summed E-state index contributed by atoms with van der Waals surface area (Å²) in [5.74, 6) is -0.0633. The maximum atomic E-state index is 12.8. The van der Waals surface area contributed by atoms with Crippen molar-refractivity contribution in [2.45, 2.75) is 13.5 Å². The zero-order valence-corrected chi connectivity index (χ0v) is 15.6. The highest BCUT2D eigenvalue weighted by Crippen LogP contribution is 2.14. The van der Waals surface area contributed by atoms with Crippen molar-refractivity contribution in [3.8, 4) is 0 Å². The normalized spacial score (nSPS) is 10.2. The summed E-state index contributed by atoms with van der Waals surface area (Å²) in [4.78, 5) is 30.7. The Morgan fingerprint density at radius 3 is 2.18 bits per heavy atom. The van der Waals surface area contributed by atoms with Gasteiger partial charge in [0.1, 0.15) is 0 Å². The van der Waals surface area contributed by atoms with Gasteiger partial charge in [-0.1, -0.05) is 24.3 Å². The van der Waals surface area contributed by atoms with Crippen LogP contribution in [0.5, 0.6) is 0 Å². The second kappa shape index (κ2) is 9.32. The number of pyridine rings is 1. The number of anilines is 2. The smallest absolute Gasteiger partial charge is 0.323 e. The highest BCUT2D eigenvalue weighted by molar-refractivity contribution is 6.00. The Balaban J connectivity index is 1.61. The molecule has 6 heteroatoms. The molecule has 2 aromatic carbocycles. The molecule has 0 atom stereocenters. The summed E-state index contributed by atoms with van der Waals surface area (Å²) in [6.07, 6.45) is 3.47. The van der Waals surface area contributed by atoms with E-state index in [9.17, 15) is 9.59 Å². The third-order valence-electron chi connectivity index (χ3n) is 4.19. The van der Waals surface area contributed by atoms with Crippen molar-refractivity contribution in [1.29, 1.82) is 0 Å². The Morgan fingerprint density at radius 1 is 0.893 bits per heavy atom. The summed E-state index contributed by atoms with van der Waals surface area (Å²) in [5.41, 5.74) is 2.87. The predicted octanol–water partition coefficient (Wildman–Crippen LogP) is 4.39. The number of nitrogens with zero attached hydrogens (tertiary/aromatic N) is 2. The summed E-state index contributed by atoms with van der Waals surface area (Å²) in [6, 6.07) is 19.5. The maximum Gasteiger partial charge on any atom is 0.323 e. The lowest BCUT2D eigenvalue weighted by molar-refractivity contribution is 0.0752. The van der Waals surface area contributed by atoms with Crippen molar-refractivity contribution < 1.29 is 9.59 Å². The summed E-state index contributed by atoms with van der Waals surface area (Å²) >= 11 is 0. The number of benzene rings is 2. The lowest BCUT2D eigenvalue weighted by Crippen LogP contribution is -2.30. The molecule has 3 amide bonds. The molecule has 3 rings (SSSR count). The van der Waals surface area contributed by atoms with Gasteiger partial charge in [-0.2, -0.15) is 0 Å². The summed E-state index contributed by atoms with van der Waals surface area (Å²) in [5, 5.41) is 5.51. The van der Waals surface area contributed by atoms with E-state index in [2.05, 4.69) is 15.6 Å². The predicted molar refractivity (Wildman–Crippen MR) is 110 cm³/mol. The Kier molecular flexibility index (Phi) is 6.36. The van der Waals surface area contributed by atoms with Gasteiger partial charge in [0, 0.05) is 42.4 Å². The van der Waals surface area contributed by atoms with Gasteiger partial charge in [-0.25, -0.2) is 4.79 Å². The van der Waals surface area contributed by atoms with Gasteiger partial charge >= 0.3 is 6.03 Å². The molecule has 0 fully saturated rings. The van der Waals surface area contributed by atoms with Crippen LogP contribution in [0.15, 0.2) is 79.1 Å². The second-order valence-corrected chi connectivity index (χ2v) is 6.20. The van der Waals surface area contributed by atoms with Crippen LogP contribution in [0.1, 0.15) is 22.8 Å². The molecule has 0 radical (unpaired) electrons. The van der Waals surface area contributed by atoms with Gasteiger partial charge in [0.05, 0.1) is 0 Å². The number of rotatable bonds is 6. The zero-order chi connectivity index (χ0) is 19.8. The molecule has 2 N–H and O–H groups in total. The molecule has 1 heterocycles. The first-order chi connectivity index (χ1) is 13.7. The number of hydrogen-bond acceptors (Lipinski definition) is 3. The van der Waals surface area contributed by atoms with Crippen LogP contribution in [-0.4, -0.2) is 28.4 Å². The monoisotopic (exact) mass is 374 g/mol. The lowest BCUT2D eigenvalue weighted by Gasteiger charge is -2.21. The van der Waals surface area contributed by atoms with E-state index < -0.39 is 0 Å². The van der Waals surface area contributed by atoms with Gasteiger partial charge in [0.25, 0.3) is 5.91 Å². The third kappa shape index (κ3) is 5.17. The fourth-order valence-corrected chi connectivity index (χ4v) is 2.73. The van der Waals surface area contributed by atoms with Crippen LogP contribution in [0.4, 0.5) is 16.2 Å². The van der Waals surface area contributed by atoms with Crippen LogP contribution in [0.3, 0.4) is 0 Å². The summed E-state index contributed by atoms with van der Waals surface area (Å²) in [6.45, 7) is 3.04. The molecule has 0 saturated carbocycles. The van der Waals surface area contributed by atoms with E-state index in [1.807, 2.05) is 49.4 Å². The van der Waals surface area contributed by atoms with E-state index in [0.29, 0.717) is 30.0 Å². The van der Waals surface area contributed by atoms with E-state index in [1.165, 1.54) is 0 Å². The molecule has 0 spiro atoms. The quantitative estimate of drug-likeness (QED) is 0.672. The van der Waals surface area contributed by atoms with Crippen molar-refractivity contribution in [3.05, 3.63) is 90.3 Å². The van der Waals surface area contributed by atoms with Crippen molar-refractivity contribution >= 4 is 23.3 Å². The molecular formula is C22H22N4O2. The molecule has 3 aromatic rings. The Morgan fingerprint density at radius 2 is 1.57 bits per heavy atom. The molecule has 6 nitrogen and oxygen atoms in total. The molecule has 0 saturated heterocycles.